The molecule has 2 aliphatic carbocycles. The second-order valence-corrected chi connectivity index (χ2v) is 9.96. The van der Waals surface area contributed by atoms with Gasteiger partial charge in [0.25, 0.3) is 0 Å². The number of anilines is 1. The third kappa shape index (κ3) is 3.59. The fourth-order valence-electron chi connectivity index (χ4n) is 5.53. The molecule has 2 heterocycles. The minimum absolute atomic E-state index is 0.0371. The number of nitrogens with one attached hydrogen (secondary N) is 1. The molecule has 3 aliphatic rings. The highest BCUT2D eigenvalue weighted by atomic mass is 16.6. The van der Waals surface area contributed by atoms with Crippen molar-refractivity contribution in [2.24, 2.45) is 17.3 Å². The van der Waals surface area contributed by atoms with Crippen molar-refractivity contribution in [1.82, 2.24) is 10.3 Å². The highest BCUT2D eigenvalue weighted by molar-refractivity contribution is 5.71. The predicted octanol–water partition coefficient (Wildman–Crippen LogP) is 2.74. The van der Waals surface area contributed by atoms with Crippen molar-refractivity contribution in [3.8, 4) is 0 Å². The van der Waals surface area contributed by atoms with E-state index in [0.29, 0.717) is 18.2 Å². The maximum absolute atomic E-state index is 12.0. The number of rotatable bonds is 4. The summed E-state index contributed by atoms with van der Waals surface area (Å²) in [5.41, 5.74) is 1.88. The van der Waals surface area contributed by atoms with E-state index >= 15 is 0 Å². The monoisotopic (exact) mass is 418 g/mol. The Morgan fingerprint density at radius 2 is 2.03 bits per heavy atom. The fourth-order valence-corrected chi connectivity index (χ4v) is 5.53. The molecule has 0 spiro atoms. The first-order valence-corrected chi connectivity index (χ1v) is 10.7. The molecule has 1 aromatic heterocycles. The van der Waals surface area contributed by atoms with Gasteiger partial charge in [-0.05, 0) is 43.4 Å². The van der Waals surface area contributed by atoms with E-state index in [9.17, 15) is 25.1 Å². The van der Waals surface area contributed by atoms with Crippen LogP contribution in [0.2, 0.25) is 0 Å². The lowest BCUT2D eigenvalue weighted by Crippen LogP contribution is -2.69. The highest BCUT2D eigenvalue weighted by Gasteiger charge is 2.53. The van der Waals surface area contributed by atoms with Crippen LogP contribution in [0.5, 0.6) is 0 Å². The predicted molar refractivity (Wildman–Crippen MR) is 111 cm³/mol. The number of aliphatic hydroxyl groups is 1. The van der Waals surface area contributed by atoms with Crippen LogP contribution in [0, 0.1) is 27.4 Å². The van der Waals surface area contributed by atoms with Gasteiger partial charge in [0.2, 0.25) is 0 Å². The Morgan fingerprint density at radius 3 is 2.60 bits per heavy atom. The zero-order chi connectivity index (χ0) is 21.8. The Bertz CT molecular complexity index is 864. The molecule has 0 bridgehead atoms. The van der Waals surface area contributed by atoms with Crippen molar-refractivity contribution in [1.29, 1.82) is 0 Å². The average molecular weight is 418 g/mol. The van der Waals surface area contributed by atoms with Crippen LogP contribution in [0.3, 0.4) is 0 Å². The Morgan fingerprint density at radius 1 is 1.33 bits per heavy atom. The number of hydrogen-bond donors (Lipinski definition) is 3. The van der Waals surface area contributed by atoms with Crippen LogP contribution in [0.4, 0.5) is 16.2 Å². The molecule has 3 N–H and O–H groups in total. The van der Waals surface area contributed by atoms with Gasteiger partial charge >= 0.3 is 11.8 Å². The van der Waals surface area contributed by atoms with Gasteiger partial charge in [-0.1, -0.05) is 20.8 Å². The molecule has 9 nitrogen and oxygen atoms in total. The summed E-state index contributed by atoms with van der Waals surface area (Å²) in [6.07, 6.45) is 3.71. The molecule has 30 heavy (non-hydrogen) atoms. The minimum Gasteiger partial charge on any atom is -0.465 e. The summed E-state index contributed by atoms with van der Waals surface area (Å²) < 4.78 is 0. The lowest BCUT2D eigenvalue weighted by Gasteiger charge is -2.53. The van der Waals surface area contributed by atoms with Crippen LogP contribution in [-0.2, 0) is 12.8 Å². The molecule has 4 rings (SSSR count). The summed E-state index contributed by atoms with van der Waals surface area (Å²) in [6, 6.07) is -1.18. The Kier molecular flexibility index (Phi) is 5.12. The van der Waals surface area contributed by atoms with Gasteiger partial charge in [0.05, 0.1) is 23.1 Å². The first-order valence-electron chi connectivity index (χ1n) is 10.7. The van der Waals surface area contributed by atoms with E-state index in [1.165, 1.54) is 6.20 Å². The number of aromatic nitrogens is 1. The molecule has 1 saturated carbocycles. The first kappa shape index (κ1) is 20.8. The van der Waals surface area contributed by atoms with Gasteiger partial charge < -0.3 is 20.4 Å². The normalized spacial score (nSPS) is 28.9. The number of aliphatic hydroxyl groups excluding tert-OH is 1. The summed E-state index contributed by atoms with van der Waals surface area (Å²) in [4.78, 5) is 29.6. The van der Waals surface area contributed by atoms with Crippen LogP contribution in [0.1, 0.15) is 51.3 Å². The molecule has 0 aromatic carbocycles. The molecular formula is C21H30N4O5. The number of nitrogens with zero attached hydrogens (tertiary/aromatic N) is 3. The molecule has 164 valence electrons. The van der Waals surface area contributed by atoms with Crippen molar-refractivity contribution in [2.45, 2.75) is 71.1 Å². The number of hydrogen-bond acceptors (Lipinski definition) is 6. The first-order chi connectivity index (χ1) is 14.1. The van der Waals surface area contributed by atoms with Crippen LogP contribution in [-0.4, -0.2) is 50.9 Å². The maximum atomic E-state index is 12.0. The van der Waals surface area contributed by atoms with Gasteiger partial charge in [0, 0.05) is 23.7 Å². The smallest absolute Gasteiger partial charge is 0.405 e. The van der Waals surface area contributed by atoms with Gasteiger partial charge in [-0.25, -0.2) is 4.79 Å². The van der Waals surface area contributed by atoms with Crippen LogP contribution in [0.25, 0.3) is 0 Å². The van der Waals surface area contributed by atoms with E-state index in [2.05, 4.69) is 10.3 Å². The summed E-state index contributed by atoms with van der Waals surface area (Å²) in [5.74, 6) is 0.181. The molecule has 0 radical (unpaired) electrons. The molecule has 1 amide bonds. The van der Waals surface area contributed by atoms with Crippen molar-refractivity contribution < 1.29 is 19.9 Å². The Labute approximate surface area is 175 Å². The number of fused-ring (bicyclic) bond motifs is 1. The van der Waals surface area contributed by atoms with E-state index in [-0.39, 0.29) is 11.6 Å². The molecule has 1 aromatic rings. The van der Waals surface area contributed by atoms with E-state index < -0.39 is 34.6 Å². The van der Waals surface area contributed by atoms with Gasteiger partial charge in [-0.15, -0.1) is 0 Å². The van der Waals surface area contributed by atoms with Crippen molar-refractivity contribution >= 4 is 17.5 Å². The second-order valence-electron chi connectivity index (χ2n) is 9.96. The number of piperidine rings is 1. The summed E-state index contributed by atoms with van der Waals surface area (Å²) in [5, 5.41) is 35.2. The van der Waals surface area contributed by atoms with Crippen LogP contribution >= 0.6 is 0 Å². The largest absolute Gasteiger partial charge is 0.465 e. The number of carboxylic acid groups (broad SMARTS) is 1. The van der Waals surface area contributed by atoms with Gasteiger partial charge in [0.1, 0.15) is 11.9 Å². The summed E-state index contributed by atoms with van der Waals surface area (Å²) >= 11 is 0. The maximum Gasteiger partial charge on any atom is 0.405 e. The van der Waals surface area contributed by atoms with E-state index in [4.69, 9.17) is 0 Å². The Hall–Kier alpha value is -2.42. The van der Waals surface area contributed by atoms with E-state index in [1.807, 2.05) is 25.7 Å². The minimum atomic E-state index is -1.20. The summed E-state index contributed by atoms with van der Waals surface area (Å²) in [6.45, 7) is 6.43. The van der Waals surface area contributed by atoms with Gasteiger partial charge in [-0.3, -0.25) is 15.1 Å². The highest BCUT2D eigenvalue weighted by Crippen LogP contribution is 2.49. The number of carbonyl (C=O) groups is 1. The number of nitro groups is 1. The van der Waals surface area contributed by atoms with Crippen LogP contribution < -0.4 is 10.2 Å². The Balaban J connectivity index is 1.89. The average Bonchev–Trinajstić information content (AvgIpc) is 3.37. The lowest BCUT2D eigenvalue weighted by molar-refractivity contribution is -0.384. The molecular weight excluding hydrogens is 388 g/mol. The SMILES string of the molecule is CC(C)(C)C1[C@@H](NC(=O)O)[C@H](O)[C@@H](C2CC2)CN1c1c([N+](=O)[O-])cnc2c1CCC2. The van der Waals surface area contributed by atoms with Crippen molar-refractivity contribution in [3.63, 3.8) is 0 Å². The van der Waals surface area contributed by atoms with Gasteiger partial charge in [0.15, 0.2) is 0 Å². The fraction of sp³-hybridized carbons (Fsp3) is 0.714. The van der Waals surface area contributed by atoms with Crippen LogP contribution in [0.15, 0.2) is 6.20 Å². The number of amides is 1. The third-order valence-electron chi connectivity index (χ3n) is 6.84. The second kappa shape index (κ2) is 7.37. The van der Waals surface area contributed by atoms with Crippen molar-refractivity contribution in [3.05, 3.63) is 27.6 Å². The van der Waals surface area contributed by atoms with E-state index in [1.54, 1.807) is 0 Å². The lowest BCUT2D eigenvalue weighted by atomic mass is 9.72. The molecule has 4 atom stereocenters. The zero-order valence-corrected chi connectivity index (χ0v) is 17.7. The molecule has 1 unspecified atom stereocenters. The zero-order valence-electron chi connectivity index (χ0n) is 17.7. The third-order valence-corrected chi connectivity index (χ3v) is 6.84. The molecule has 9 heteroatoms. The standard InChI is InChI=1S/C21H30N4O5/c1-21(2,3)19-16(23-20(27)28)18(26)13(11-7-8-11)10-24(19)17-12-5-4-6-14(12)22-9-15(17)25(29)30/h9,11,13,16,18-19,23,26H,4-8,10H2,1-3H3,(H,27,28)/t13-,16+,18-,19?/m1/s1. The number of aryl methyl sites for hydroxylation is 1. The topological polar surface area (TPSA) is 129 Å². The molecule has 1 saturated heterocycles. The van der Waals surface area contributed by atoms with Crippen molar-refractivity contribution in [2.75, 3.05) is 11.4 Å². The number of pyridine rings is 1. The van der Waals surface area contributed by atoms with E-state index in [0.717, 1.165) is 43.4 Å². The molecule has 2 fully saturated rings. The molecule has 1 aliphatic heterocycles. The summed E-state index contributed by atoms with van der Waals surface area (Å²) in [7, 11) is 0. The quantitative estimate of drug-likeness (QED) is 0.506. The van der Waals surface area contributed by atoms with Gasteiger partial charge in [-0.2, -0.15) is 0 Å².